The van der Waals surface area contributed by atoms with Crippen molar-refractivity contribution in [2.45, 2.75) is 33.7 Å². The molecule has 3 aromatic rings. The van der Waals surface area contributed by atoms with Crippen LogP contribution in [0.25, 0.3) is 0 Å². The van der Waals surface area contributed by atoms with E-state index in [9.17, 15) is 4.79 Å². The molecule has 0 bridgehead atoms. The van der Waals surface area contributed by atoms with Crippen LogP contribution >= 0.6 is 0 Å². The van der Waals surface area contributed by atoms with Gasteiger partial charge in [-0.15, -0.1) is 0 Å². The van der Waals surface area contributed by atoms with Crippen molar-refractivity contribution in [1.29, 1.82) is 0 Å². The first-order valence-electron chi connectivity index (χ1n) is 11.1. The minimum Gasteiger partial charge on any atom is -0.454 e. The van der Waals surface area contributed by atoms with Crippen molar-refractivity contribution in [3.05, 3.63) is 101 Å². The van der Waals surface area contributed by atoms with Crippen LogP contribution in [0.1, 0.15) is 37.0 Å². The summed E-state index contributed by atoms with van der Waals surface area (Å²) in [7, 11) is 0. The van der Waals surface area contributed by atoms with Crippen LogP contribution in [0.3, 0.4) is 0 Å². The smallest absolute Gasteiger partial charge is 0.247 e. The Hall–Kier alpha value is -3.86. The number of hydrogen-bond acceptors (Lipinski definition) is 4. The summed E-state index contributed by atoms with van der Waals surface area (Å²) < 4.78 is 11.1. The second-order valence-corrected chi connectivity index (χ2v) is 7.94. The molecule has 3 aromatic carbocycles. The molecule has 0 unspecified atom stereocenters. The second kappa shape index (κ2) is 10.2. The molecule has 1 N–H and O–H groups in total. The topological polar surface area (TPSA) is 59.9 Å². The third-order valence-corrected chi connectivity index (χ3v) is 5.70. The van der Waals surface area contributed by atoms with E-state index in [2.05, 4.69) is 5.32 Å². The molecule has 0 fully saturated rings. The van der Waals surface area contributed by atoms with Crippen LogP contribution in [0.15, 0.2) is 88.9 Å². The zero-order chi connectivity index (χ0) is 23.2. The van der Waals surface area contributed by atoms with E-state index in [4.69, 9.17) is 14.5 Å². The molecular weight excluding hydrogens is 412 g/mol. The Morgan fingerprint density at radius 2 is 1.61 bits per heavy atom. The molecule has 0 radical (unpaired) electrons. The number of rotatable bonds is 7. The number of benzene rings is 3. The van der Waals surface area contributed by atoms with Gasteiger partial charge in [-0.3, -0.25) is 4.79 Å². The normalized spacial score (nSPS) is 13.5. The summed E-state index contributed by atoms with van der Waals surface area (Å²) in [4.78, 5) is 18.1. The maximum Gasteiger partial charge on any atom is 0.247 e. The fraction of sp³-hybridized carbons (Fsp3) is 0.214. The maximum absolute atomic E-state index is 13.1. The number of allylic oxidation sites excluding steroid dienone is 1. The lowest BCUT2D eigenvalue weighted by molar-refractivity contribution is -0.117. The highest BCUT2D eigenvalue weighted by molar-refractivity contribution is 6.17. The fourth-order valence-electron chi connectivity index (χ4n) is 3.83. The van der Waals surface area contributed by atoms with Gasteiger partial charge in [0.15, 0.2) is 11.5 Å². The molecule has 0 saturated carbocycles. The van der Waals surface area contributed by atoms with Gasteiger partial charge in [-0.2, -0.15) is 0 Å². The number of nitrogens with one attached hydrogen (secondary N) is 1. The van der Waals surface area contributed by atoms with E-state index in [-0.39, 0.29) is 12.7 Å². The minimum atomic E-state index is -0.0956. The molecule has 0 aliphatic carbocycles. The van der Waals surface area contributed by atoms with Gasteiger partial charge in [0.1, 0.15) is 0 Å². The summed E-state index contributed by atoms with van der Waals surface area (Å²) in [6.07, 6.45) is 0.669. The monoisotopic (exact) mass is 440 g/mol. The molecule has 0 aromatic heterocycles. The van der Waals surface area contributed by atoms with Crippen LogP contribution < -0.4 is 14.8 Å². The van der Waals surface area contributed by atoms with Gasteiger partial charge in [0.2, 0.25) is 12.7 Å². The van der Waals surface area contributed by atoms with Crippen molar-refractivity contribution < 1.29 is 14.3 Å². The first-order chi connectivity index (χ1) is 16.1. The molecule has 1 heterocycles. The van der Waals surface area contributed by atoms with Crippen LogP contribution in [0.4, 0.5) is 5.69 Å². The van der Waals surface area contributed by atoms with Gasteiger partial charge in [-0.25, -0.2) is 4.99 Å². The Kier molecular flexibility index (Phi) is 6.89. The lowest BCUT2D eigenvalue weighted by Crippen LogP contribution is -2.25. The number of carbonyl (C=O) groups excluding carboxylic acids is 1. The SMILES string of the molecule is CC/C(C(=Nc1cc2c(cc1C)OCO2)c1ccccc1)=C(/C)C(=O)NCc1ccccc1. The van der Waals surface area contributed by atoms with Crippen molar-refractivity contribution in [2.75, 3.05) is 6.79 Å². The molecule has 1 aliphatic rings. The molecule has 168 valence electrons. The summed E-state index contributed by atoms with van der Waals surface area (Å²) in [5.74, 6) is 1.32. The first kappa shape index (κ1) is 22.3. The average Bonchev–Trinajstić information content (AvgIpc) is 3.30. The largest absolute Gasteiger partial charge is 0.454 e. The summed E-state index contributed by atoms with van der Waals surface area (Å²) in [6, 6.07) is 23.7. The molecule has 33 heavy (non-hydrogen) atoms. The average molecular weight is 441 g/mol. The van der Waals surface area contributed by atoms with E-state index >= 15 is 0 Å². The highest BCUT2D eigenvalue weighted by Gasteiger charge is 2.19. The third kappa shape index (κ3) is 5.14. The zero-order valence-corrected chi connectivity index (χ0v) is 19.2. The fourth-order valence-corrected chi connectivity index (χ4v) is 3.83. The Bertz CT molecular complexity index is 1200. The first-order valence-corrected chi connectivity index (χ1v) is 11.1. The van der Waals surface area contributed by atoms with Crippen LogP contribution in [0.2, 0.25) is 0 Å². The van der Waals surface area contributed by atoms with Gasteiger partial charge < -0.3 is 14.8 Å². The molecule has 0 spiro atoms. The van der Waals surface area contributed by atoms with E-state index in [1.165, 1.54) is 0 Å². The molecule has 0 atom stereocenters. The maximum atomic E-state index is 13.1. The predicted molar refractivity (Wildman–Crippen MR) is 131 cm³/mol. The van der Waals surface area contributed by atoms with Gasteiger partial charge >= 0.3 is 0 Å². The third-order valence-electron chi connectivity index (χ3n) is 5.70. The van der Waals surface area contributed by atoms with E-state index in [1.54, 1.807) is 0 Å². The summed E-state index contributed by atoms with van der Waals surface area (Å²) in [6.45, 7) is 6.61. The Labute approximate surface area is 194 Å². The van der Waals surface area contributed by atoms with E-state index in [0.717, 1.165) is 39.4 Å². The lowest BCUT2D eigenvalue weighted by atomic mass is 9.95. The van der Waals surface area contributed by atoms with Crippen molar-refractivity contribution >= 4 is 17.3 Å². The van der Waals surface area contributed by atoms with Crippen LogP contribution in [-0.2, 0) is 11.3 Å². The molecule has 0 saturated heterocycles. The highest BCUT2D eigenvalue weighted by Crippen LogP contribution is 2.38. The molecular formula is C28H28N2O3. The zero-order valence-electron chi connectivity index (χ0n) is 19.2. The van der Waals surface area contributed by atoms with Gasteiger partial charge in [0.25, 0.3) is 0 Å². The standard InChI is InChI=1S/C28H28N2O3/c1-4-23(20(3)28(31)29-17-21-11-7-5-8-12-21)27(22-13-9-6-10-14-22)30-24-16-26-25(15-19(24)2)32-18-33-26/h5-16H,4,17-18H2,1-3H3,(H,29,31)/b23-20+,30-27?. The van der Waals surface area contributed by atoms with Gasteiger partial charge in [-0.05, 0) is 43.0 Å². The number of amides is 1. The number of carbonyl (C=O) groups is 1. The Morgan fingerprint density at radius 3 is 2.27 bits per heavy atom. The number of aryl methyl sites for hydroxylation is 1. The number of fused-ring (bicyclic) bond motifs is 1. The Balaban J connectivity index is 1.73. The van der Waals surface area contributed by atoms with Crippen molar-refractivity contribution in [1.82, 2.24) is 5.32 Å². The summed E-state index contributed by atoms with van der Waals surface area (Å²) >= 11 is 0. The molecule has 4 rings (SSSR count). The van der Waals surface area contributed by atoms with E-state index in [0.29, 0.717) is 24.3 Å². The van der Waals surface area contributed by atoms with E-state index < -0.39 is 0 Å². The number of hydrogen-bond donors (Lipinski definition) is 1. The van der Waals surface area contributed by atoms with Gasteiger partial charge in [-0.1, -0.05) is 67.6 Å². The van der Waals surface area contributed by atoms with Crippen LogP contribution in [0.5, 0.6) is 11.5 Å². The van der Waals surface area contributed by atoms with Gasteiger partial charge in [0, 0.05) is 23.7 Å². The molecule has 5 heteroatoms. The second-order valence-electron chi connectivity index (χ2n) is 7.94. The predicted octanol–water partition coefficient (Wildman–Crippen LogP) is 5.89. The van der Waals surface area contributed by atoms with Crippen molar-refractivity contribution in [3.63, 3.8) is 0 Å². The van der Waals surface area contributed by atoms with Gasteiger partial charge in [0.05, 0.1) is 11.4 Å². The molecule has 5 nitrogen and oxygen atoms in total. The summed E-state index contributed by atoms with van der Waals surface area (Å²) in [5, 5.41) is 3.04. The van der Waals surface area contributed by atoms with Crippen LogP contribution in [-0.4, -0.2) is 18.4 Å². The number of nitrogens with zero attached hydrogens (tertiary/aromatic N) is 1. The minimum absolute atomic E-state index is 0.0956. The highest BCUT2D eigenvalue weighted by atomic mass is 16.7. The number of aliphatic imine (C=N–C) groups is 1. The molecule has 1 aliphatic heterocycles. The Morgan fingerprint density at radius 1 is 0.970 bits per heavy atom. The van der Waals surface area contributed by atoms with Crippen molar-refractivity contribution in [3.8, 4) is 11.5 Å². The van der Waals surface area contributed by atoms with Crippen LogP contribution in [0, 0.1) is 6.92 Å². The van der Waals surface area contributed by atoms with Crippen molar-refractivity contribution in [2.24, 2.45) is 4.99 Å². The van der Waals surface area contributed by atoms with E-state index in [1.807, 2.05) is 93.6 Å². The lowest BCUT2D eigenvalue weighted by Gasteiger charge is -2.15. The quantitative estimate of drug-likeness (QED) is 0.368. The summed E-state index contributed by atoms with van der Waals surface area (Å²) in [5.41, 5.74) is 6.15. The number of ether oxygens (including phenoxy) is 2. The molecule has 1 amide bonds.